The van der Waals surface area contributed by atoms with E-state index in [0.717, 1.165) is 48.8 Å². The summed E-state index contributed by atoms with van der Waals surface area (Å²) in [6, 6.07) is 1.27. The predicted molar refractivity (Wildman–Crippen MR) is 249 cm³/mol. The molecule has 0 saturated carbocycles. The van der Waals surface area contributed by atoms with E-state index in [0.29, 0.717) is 6.42 Å². The van der Waals surface area contributed by atoms with E-state index in [9.17, 15) is 38.7 Å². The number of aliphatic hydroxyl groups excluding tert-OH is 2. The fourth-order valence-corrected chi connectivity index (χ4v) is 10.6. The molecule has 1 aliphatic rings. The van der Waals surface area contributed by atoms with Crippen LogP contribution < -0.4 is 11.4 Å². The lowest BCUT2D eigenvalue weighted by Crippen LogP contribution is -2.36. The van der Waals surface area contributed by atoms with Gasteiger partial charge < -0.3 is 35.2 Å². The quantitative estimate of drug-likeness (QED) is 0.0233. The topological polar surface area (TPSA) is 239 Å². The first kappa shape index (κ1) is 57.8. The molecule has 1 saturated heterocycles. The van der Waals surface area contributed by atoms with Gasteiger partial charge in [0.2, 0.25) is 0 Å². The van der Waals surface area contributed by atoms with Crippen LogP contribution >= 0.6 is 27.4 Å². The molecular weight excluding hydrogens is 873 g/mol. The second kappa shape index (κ2) is 34.9. The molecule has 2 heterocycles. The zero-order valence-corrected chi connectivity index (χ0v) is 41.0. The molecule has 1 aromatic rings. The number of aliphatic hydroxyl groups is 2. The van der Waals surface area contributed by atoms with Gasteiger partial charge in [0.25, 0.3) is 0 Å². The molecule has 16 nitrogen and oxygen atoms in total. The molecule has 1 aromatic heterocycles. The molecule has 0 spiro atoms. The predicted octanol–water partition coefficient (Wildman–Crippen LogP) is 10.3. The number of ether oxygens (including phenoxy) is 2. The maximum atomic E-state index is 12.8. The van der Waals surface area contributed by atoms with E-state index < -0.39 is 71.2 Å². The summed E-state index contributed by atoms with van der Waals surface area (Å²) in [5.74, 6) is 0.543. The normalized spacial score (nSPS) is 20.1. The Kier molecular flexibility index (Phi) is 32.0. The van der Waals surface area contributed by atoms with Gasteiger partial charge in [0, 0.05) is 18.4 Å². The van der Waals surface area contributed by atoms with Crippen LogP contribution in [0.4, 0.5) is 5.82 Å². The first-order valence-electron chi connectivity index (χ1n) is 24.1. The van der Waals surface area contributed by atoms with E-state index in [-0.39, 0.29) is 18.0 Å². The highest BCUT2D eigenvalue weighted by Gasteiger charge is 2.46. The summed E-state index contributed by atoms with van der Waals surface area (Å²) >= 11 is 1.53. The van der Waals surface area contributed by atoms with Gasteiger partial charge in [-0.05, 0) is 24.7 Å². The number of unbranched alkanes of at least 4 members (excludes halogenated alkanes) is 25. The van der Waals surface area contributed by atoms with Crippen molar-refractivity contribution in [2.45, 2.75) is 224 Å². The molecule has 0 amide bonds. The number of rotatable bonds is 41. The van der Waals surface area contributed by atoms with Crippen LogP contribution in [0.5, 0.6) is 0 Å². The molecule has 19 heteroatoms. The Labute approximate surface area is 381 Å². The third-order valence-corrected chi connectivity index (χ3v) is 15.0. The van der Waals surface area contributed by atoms with Crippen molar-refractivity contribution in [3.05, 3.63) is 22.7 Å². The number of hydrogen-bond donors (Lipinski definition) is 5. The Bertz CT molecular complexity index is 1490. The second-order valence-electron chi connectivity index (χ2n) is 17.0. The van der Waals surface area contributed by atoms with Crippen molar-refractivity contribution in [3.63, 3.8) is 0 Å². The van der Waals surface area contributed by atoms with Crippen LogP contribution in [0.25, 0.3) is 0 Å². The number of nitrogen functional groups attached to an aromatic ring is 1. The highest BCUT2D eigenvalue weighted by molar-refractivity contribution is 7.99. The van der Waals surface area contributed by atoms with Crippen LogP contribution in [0.15, 0.2) is 17.1 Å². The van der Waals surface area contributed by atoms with Gasteiger partial charge in [0.1, 0.15) is 30.2 Å². The Morgan fingerprint density at radius 2 is 1.21 bits per heavy atom. The van der Waals surface area contributed by atoms with Gasteiger partial charge in [-0.3, -0.25) is 18.4 Å². The van der Waals surface area contributed by atoms with Crippen molar-refractivity contribution in [2.24, 2.45) is 0 Å². The number of carbonyl (C=O) groups is 1. The first-order chi connectivity index (χ1) is 30.3. The largest absolute Gasteiger partial charge is 0.481 e. The Morgan fingerprint density at radius 1 is 0.746 bits per heavy atom. The smallest absolute Gasteiger partial charge is 0.459 e. The van der Waals surface area contributed by atoms with Crippen molar-refractivity contribution in [3.8, 4) is 0 Å². The Hall–Kier alpha value is -1.36. The number of nitrogens with zero attached hydrogens (tertiary/aromatic N) is 2. The number of carbonyl (C=O) groups excluding carboxylic acids is 1. The van der Waals surface area contributed by atoms with E-state index in [1.54, 1.807) is 0 Å². The number of phosphoric ester groups is 2. The van der Waals surface area contributed by atoms with E-state index in [2.05, 4.69) is 23.1 Å². The zero-order chi connectivity index (χ0) is 46.2. The van der Waals surface area contributed by atoms with E-state index in [4.69, 9.17) is 24.3 Å². The van der Waals surface area contributed by atoms with Gasteiger partial charge in [-0.1, -0.05) is 174 Å². The molecule has 1 fully saturated rings. The van der Waals surface area contributed by atoms with Crippen molar-refractivity contribution in [2.75, 3.05) is 30.5 Å². The minimum atomic E-state index is -5.32. The third-order valence-electron chi connectivity index (χ3n) is 11.2. The molecule has 0 radical (unpaired) electrons. The fraction of sp³-hybridized carbons (Fsp3) is 0.886. The van der Waals surface area contributed by atoms with E-state index in [1.807, 2.05) is 0 Å². The third kappa shape index (κ3) is 27.8. The lowest BCUT2D eigenvalue weighted by atomic mass is 10.0. The molecular formula is C44H83N3O13P2S. The van der Waals surface area contributed by atoms with E-state index >= 15 is 0 Å². The number of thioether (sulfide) groups is 1. The minimum Gasteiger partial charge on any atom is -0.459 e. The maximum absolute atomic E-state index is 12.8. The highest BCUT2D eigenvalue weighted by Crippen LogP contribution is 2.60. The summed E-state index contributed by atoms with van der Waals surface area (Å²) in [7, 11) is -10.6. The number of nitrogens with two attached hydrogens (primary N) is 1. The van der Waals surface area contributed by atoms with Crippen LogP contribution in [-0.4, -0.2) is 84.7 Å². The van der Waals surface area contributed by atoms with Crippen molar-refractivity contribution in [1.82, 2.24) is 9.55 Å². The number of esters is 1. The molecule has 368 valence electrons. The summed E-state index contributed by atoms with van der Waals surface area (Å²) in [6.45, 7) is 3.01. The van der Waals surface area contributed by atoms with Gasteiger partial charge >= 0.3 is 27.3 Å². The molecule has 3 unspecified atom stereocenters. The summed E-state index contributed by atoms with van der Waals surface area (Å²) in [5.41, 5.74) is 4.62. The fourth-order valence-electron chi connectivity index (χ4n) is 7.50. The second-order valence-corrected chi connectivity index (χ2v) is 21.2. The van der Waals surface area contributed by atoms with Crippen LogP contribution in [-0.2, 0) is 36.8 Å². The molecule has 63 heavy (non-hydrogen) atoms. The average Bonchev–Trinajstić information content (AvgIpc) is 3.51. The minimum absolute atomic E-state index is 0.0772. The van der Waals surface area contributed by atoms with Crippen molar-refractivity contribution in [1.29, 1.82) is 0 Å². The molecule has 0 aromatic carbocycles. The zero-order valence-electron chi connectivity index (χ0n) is 38.4. The lowest BCUT2D eigenvalue weighted by molar-refractivity contribution is -0.149. The summed E-state index contributed by atoms with van der Waals surface area (Å²) in [6.07, 6.45) is 27.2. The molecule has 7 atom stereocenters. The number of aromatic nitrogens is 2. The SMILES string of the molecule is CCCCCCCCCCCCCCCCCCSCC(COP(=O)(O)OP(=O)(O)OC[C@H]1O[C@@H](n2ccc(N)nc2=O)[C@@H](O)[C@@H]1O)OC(=O)CCCCCCCCCCCCC. The first-order valence-corrected chi connectivity index (χ1v) is 28.2. The lowest BCUT2D eigenvalue weighted by Gasteiger charge is -2.21. The summed E-state index contributed by atoms with van der Waals surface area (Å²) < 4.78 is 51.9. The van der Waals surface area contributed by atoms with Crippen molar-refractivity contribution >= 4 is 39.2 Å². The monoisotopic (exact) mass is 956 g/mol. The van der Waals surface area contributed by atoms with Crippen LogP contribution in [0.2, 0.25) is 0 Å². The van der Waals surface area contributed by atoms with E-state index in [1.165, 1.54) is 152 Å². The van der Waals surface area contributed by atoms with Gasteiger partial charge in [-0.25, -0.2) is 13.9 Å². The summed E-state index contributed by atoms with van der Waals surface area (Å²) in [4.78, 5) is 49.2. The molecule has 6 N–H and O–H groups in total. The maximum Gasteiger partial charge on any atom is 0.481 e. The van der Waals surface area contributed by atoms with Crippen LogP contribution in [0.3, 0.4) is 0 Å². The number of anilines is 1. The molecule has 0 bridgehead atoms. The Balaban J connectivity index is 1.76. The Morgan fingerprint density at radius 3 is 1.70 bits per heavy atom. The van der Waals surface area contributed by atoms with Crippen LogP contribution in [0, 0.1) is 0 Å². The molecule has 2 rings (SSSR count). The average molecular weight is 956 g/mol. The standard InChI is InChI=1S/C44H83N3O13P2S/c1-3-5-7-9-11-13-15-16-17-18-19-21-23-25-27-29-33-63-36-37(58-40(48)30-28-26-24-22-20-14-12-10-8-6-4-2)34-56-61(52,53)60-62(54,55)57-35-38-41(49)42(50)43(59-38)47-32-31-39(45)46-44(47)51/h31-32,37-38,41-43,49-50H,3-30,33-36H2,1-2H3,(H,52,53)(H,54,55)(H2,45,46,51)/t37?,38-,41-,42+,43-/m1/s1. The summed E-state index contributed by atoms with van der Waals surface area (Å²) in [5, 5.41) is 20.9. The van der Waals surface area contributed by atoms with Crippen molar-refractivity contribution < 1.29 is 56.8 Å². The van der Waals surface area contributed by atoms with Crippen LogP contribution in [0.1, 0.15) is 200 Å². The number of phosphoric acid groups is 2. The number of hydrogen-bond acceptors (Lipinski definition) is 14. The van der Waals surface area contributed by atoms with Gasteiger partial charge in [0.05, 0.1) is 13.2 Å². The van der Waals surface area contributed by atoms with Gasteiger partial charge in [0.15, 0.2) is 6.23 Å². The molecule has 1 aliphatic heterocycles. The highest BCUT2D eigenvalue weighted by atomic mass is 32.2. The van der Waals surface area contributed by atoms with Gasteiger partial charge in [-0.15, -0.1) is 0 Å². The molecule has 0 aliphatic carbocycles. The van der Waals surface area contributed by atoms with Gasteiger partial charge in [-0.2, -0.15) is 21.1 Å².